The first-order valence-electron chi connectivity index (χ1n) is 10.3. The number of anilines is 1. The first-order valence-corrected chi connectivity index (χ1v) is 10.3. The van der Waals surface area contributed by atoms with E-state index in [1.165, 1.54) is 12.1 Å². The van der Waals surface area contributed by atoms with Crippen LogP contribution in [0.5, 0.6) is 0 Å². The highest BCUT2D eigenvalue weighted by Gasteiger charge is 2.16. The van der Waals surface area contributed by atoms with Crippen molar-refractivity contribution in [1.82, 2.24) is 9.78 Å². The van der Waals surface area contributed by atoms with Gasteiger partial charge in [0.05, 0.1) is 16.5 Å². The van der Waals surface area contributed by atoms with Gasteiger partial charge in [0.1, 0.15) is 6.54 Å². The van der Waals surface area contributed by atoms with Gasteiger partial charge in [-0.1, -0.05) is 54.6 Å². The van der Waals surface area contributed by atoms with E-state index in [9.17, 15) is 24.0 Å². The monoisotopic (exact) mass is 457 g/mol. The number of ether oxygens (including phenoxy) is 1. The van der Waals surface area contributed by atoms with Crippen LogP contribution in [0.1, 0.15) is 15.9 Å². The van der Waals surface area contributed by atoms with Gasteiger partial charge in [0.25, 0.3) is 17.0 Å². The molecule has 0 unspecified atom stereocenters. The van der Waals surface area contributed by atoms with E-state index >= 15 is 0 Å². The van der Waals surface area contributed by atoms with Crippen molar-refractivity contribution in [2.24, 2.45) is 0 Å². The fraction of sp³-hybridized carbons (Fsp3) is 0.0800. The van der Waals surface area contributed by atoms with Crippen LogP contribution in [0, 0.1) is 0 Å². The fourth-order valence-corrected chi connectivity index (χ4v) is 3.40. The summed E-state index contributed by atoms with van der Waals surface area (Å²) in [6, 6.07) is 21.3. The maximum atomic E-state index is 12.8. The van der Waals surface area contributed by atoms with Gasteiger partial charge in [0, 0.05) is 11.1 Å². The summed E-state index contributed by atoms with van der Waals surface area (Å²) in [5.41, 5.74) is -0.0722. The molecule has 0 saturated heterocycles. The molecule has 0 spiro atoms. The molecule has 0 aliphatic heterocycles. The van der Waals surface area contributed by atoms with Crippen LogP contribution in [0.15, 0.2) is 88.5 Å². The maximum Gasteiger partial charge on any atom is 0.328 e. The number of para-hydroxylation sites is 1. The molecule has 0 radical (unpaired) electrons. The first kappa shape index (κ1) is 22.4. The smallest absolute Gasteiger partial charge is 0.328 e. The highest BCUT2D eigenvalue weighted by atomic mass is 16.5. The number of benzene rings is 3. The highest BCUT2D eigenvalue weighted by Crippen LogP contribution is 2.19. The molecule has 0 atom stereocenters. The Balaban J connectivity index is 1.41. The van der Waals surface area contributed by atoms with E-state index in [1.807, 2.05) is 0 Å². The summed E-state index contributed by atoms with van der Waals surface area (Å²) in [6.07, 6.45) is 0. The molecule has 0 fully saturated rings. The molecule has 3 aromatic carbocycles. The van der Waals surface area contributed by atoms with E-state index in [0.717, 1.165) is 4.68 Å². The largest absolute Gasteiger partial charge is 0.454 e. The summed E-state index contributed by atoms with van der Waals surface area (Å²) < 4.78 is 5.79. The van der Waals surface area contributed by atoms with E-state index < -0.39 is 36.1 Å². The molecular weight excluding hydrogens is 438 g/mol. The summed E-state index contributed by atoms with van der Waals surface area (Å²) in [7, 11) is 0. The molecule has 0 bridgehead atoms. The molecule has 170 valence electrons. The molecule has 2 N–H and O–H groups in total. The van der Waals surface area contributed by atoms with E-state index in [0.29, 0.717) is 5.56 Å². The second kappa shape index (κ2) is 9.78. The van der Waals surface area contributed by atoms with E-state index in [4.69, 9.17) is 4.74 Å². The number of ketones is 1. The fourth-order valence-electron chi connectivity index (χ4n) is 3.40. The SMILES string of the molecule is O=C(COC(=O)Cn1[nH]c(=O)c2ccccc2c1=O)Nc1ccccc1C(=O)c1ccccc1. The summed E-state index contributed by atoms with van der Waals surface area (Å²) in [4.78, 5) is 61.9. The van der Waals surface area contributed by atoms with Crippen molar-refractivity contribution in [3.63, 3.8) is 0 Å². The topological polar surface area (TPSA) is 127 Å². The van der Waals surface area contributed by atoms with Gasteiger partial charge in [-0.25, -0.2) is 4.68 Å². The molecule has 4 rings (SSSR count). The molecule has 1 amide bonds. The van der Waals surface area contributed by atoms with Crippen molar-refractivity contribution in [3.05, 3.63) is 111 Å². The molecule has 0 aliphatic rings. The van der Waals surface area contributed by atoms with Crippen molar-refractivity contribution < 1.29 is 19.1 Å². The minimum Gasteiger partial charge on any atom is -0.454 e. The van der Waals surface area contributed by atoms with Gasteiger partial charge in [-0.3, -0.25) is 29.1 Å². The van der Waals surface area contributed by atoms with Crippen molar-refractivity contribution in [2.45, 2.75) is 6.54 Å². The number of amides is 1. The number of carbonyl (C=O) groups is 3. The number of fused-ring (bicyclic) bond motifs is 1. The molecule has 0 saturated carbocycles. The lowest BCUT2D eigenvalue weighted by Crippen LogP contribution is -2.33. The van der Waals surface area contributed by atoms with Crippen molar-refractivity contribution in [1.29, 1.82) is 0 Å². The summed E-state index contributed by atoms with van der Waals surface area (Å²) >= 11 is 0. The third-order valence-electron chi connectivity index (χ3n) is 5.02. The maximum absolute atomic E-state index is 12.8. The van der Waals surface area contributed by atoms with E-state index in [-0.39, 0.29) is 27.8 Å². The number of nitrogens with zero attached hydrogens (tertiary/aromatic N) is 1. The number of rotatable bonds is 7. The normalized spacial score (nSPS) is 10.6. The van der Waals surface area contributed by atoms with Crippen molar-refractivity contribution in [2.75, 3.05) is 11.9 Å². The van der Waals surface area contributed by atoms with Gasteiger partial charge < -0.3 is 10.1 Å². The van der Waals surface area contributed by atoms with E-state index in [2.05, 4.69) is 10.4 Å². The number of hydrogen-bond donors (Lipinski definition) is 2. The van der Waals surface area contributed by atoms with Crippen LogP contribution >= 0.6 is 0 Å². The summed E-state index contributed by atoms with van der Waals surface area (Å²) in [5.74, 6) is -1.83. The average molecular weight is 457 g/mol. The van der Waals surface area contributed by atoms with Gasteiger partial charge in [0.2, 0.25) is 0 Å². The first-order chi connectivity index (χ1) is 16.4. The number of aromatic amines is 1. The van der Waals surface area contributed by atoms with Crippen LogP contribution in [0.25, 0.3) is 10.8 Å². The molecule has 9 heteroatoms. The Morgan fingerprint density at radius 1 is 0.824 bits per heavy atom. The quantitative estimate of drug-likeness (QED) is 0.323. The minimum atomic E-state index is -0.892. The zero-order valence-corrected chi connectivity index (χ0v) is 17.8. The Bertz CT molecular complexity index is 1500. The Labute approximate surface area is 192 Å². The lowest BCUT2D eigenvalue weighted by molar-refractivity contribution is -0.148. The molecular formula is C25H19N3O6. The summed E-state index contributed by atoms with van der Waals surface area (Å²) in [5, 5.41) is 5.26. The number of H-pyrrole nitrogens is 1. The van der Waals surface area contributed by atoms with Gasteiger partial charge in [-0.2, -0.15) is 0 Å². The lowest BCUT2D eigenvalue weighted by Gasteiger charge is -2.11. The van der Waals surface area contributed by atoms with Gasteiger partial charge in [-0.05, 0) is 24.3 Å². The number of aromatic nitrogens is 2. The summed E-state index contributed by atoms with van der Waals surface area (Å²) in [6.45, 7) is -1.21. The Kier molecular flexibility index (Phi) is 6.45. The number of nitrogens with one attached hydrogen (secondary N) is 2. The molecule has 34 heavy (non-hydrogen) atoms. The third kappa shape index (κ3) is 4.83. The second-order valence-corrected chi connectivity index (χ2v) is 7.33. The van der Waals surface area contributed by atoms with Crippen LogP contribution in [0.2, 0.25) is 0 Å². The van der Waals surface area contributed by atoms with Gasteiger partial charge in [0.15, 0.2) is 12.4 Å². The van der Waals surface area contributed by atoms with Gasteiger partial charge >= 0.3 is 5.97 Å². The van der Waals surface area contributed by atoms with E-state index in [1.54, 1.807) is 66.7 Å². The predicted octanol–water partition coefficient (Wildman–Crippen LogP) is 2.10. The lowest BCUT2D eigenvalue weighted by atomic mass is 10.0. The zero-order valence-electron chi connectivity index (χ0n) is 17.8. The van der Waals surface area contributed by atoms with Crippen LogP contribution in [-0.4, -0.2) is 34.0 Å². The Morgan fingerprint density at radius 2 is 1.47 bits per heavy atom. The molecule has 4 aromatic rings. The van der Waals surface area contributed by atoms with Crippen LogP contribution in [0.4, 0.5) is 5.69 Å². The zero-order chi connectivity index (χ0) is 24.1. The molecule has 1 aromatic heterocycles. The number of hydrogen-bond acceptors (Lipinski definition) is 6. The molecule has 1 heterocycles. The van der Waals surface area contributed by atoms with Gasteiger partial charge in [-0.15, -0.1) is 0 Å². The number of carbonyl (C=O) groups excluding carboxylic acids is 3. The Morgan fingerprint density at radius 3 is 2.24 bits per heavy atom. The molecule has 9 nitrogen and oxygen atoms in total. The van der Waals surface area contributed by atoms with Crippen molar-refractivity contribution >= 4 is 34.1 Å². The van der Waals surface area contributed by atoms with Crippen LogP contribution < -0.4 is 16.4 Å². The Hall–Kier alpha value is -4.79. The highest BCUT2D eigenvalue weighted by molar-refractivity contribution is 6.13. The van der Waals surface area contributed by atoms with Crippen LogP contribution in [-0.2, 0) is 20.9 Å². The average Bonchev–Trinajstić information content (AvgIpc) is 2.86. The third-order valence-corrected chi connectivity index (χ3v) is 5.02. The minimum absolute atomic E-state index is 0.163. The predicted molar refractivity (Wildman–Crippen MR) is 125 cm³/mol. The van der Waals surface area contributed by atoms with Crippen LogP contribution in [0.3, 0.4) is 0 Å². The number of esters is 1. The molecule has 0 aliphatic carbocycles. The van der Waals surface area contributed by atoms with Crippen molar-refractivity contribution in [3.8, 4) is 0 Å². The standard InChI is InChI=1S/C25H19N3O6/c29-21(26-20-13-7-6-12-19(20)23(31)16-8-2-1-3-9-16)15-34-22(30)14-28-25(33)18-11-5-4-10-17(18)24(32)27-28/h1-13H,14-15H2,(H,26,29)(H,27,32). The second-order valence-electron chi connectivity index (χ2n) is 7.33.